The number of hydrogen-bond acceptors (Lipinski definition) is 12. The molecule has 1 aliphatic heterocycles. The molecule has 10 amide bonds. The lowest BCUT2D eigenvalue weighted by Crippen LogP contribution is -2.60. The summed E-state index contributed by atoms with van der Waals surface area (Å²) in [6.45, 7) is 7.74. The monoisotopic (exact) mass is 981 g/mol. The first-order chi connectivity index (χ1) is 32.2. The number of thiophene rings is 1. The van der Waals surface area contributed by atoms with E-state index in [-0.39, 0.29) is 43.8 Å². The molecule has 7 atom stereocenters. The van der Waals surface area contributed by atoms with E-state index in [2.05, 4.69) is 42.5 Å². The summed E-state index contributed by atoms with van der Waals surface area (Å²) in [7, 11) is 0. The van der Waals surface area contributed by atoms with Crippen molar-refractivity contribution in [1.29, 1.82) is 0 Å². The van der Waals surface area contributed by atoms with Crippen LogP contribution in [-0.2, 0) is 60.9 Å². The molecule has 23 heteroatoms. The van der Waals surface area contributed by atoms with Gasteiger partial charge in [-0.15, -0.1) is 23.1 Å². The van der Waals surface area contributed by atoms with Gasteiger partial charge in [0.25, 0.3) is 0 Å². The van der Waals surface area contributed by atoms with E-state index in [1.54, 1.807) is 30.3 Å². The Morgan fingerprint density at radius 3 is 2.19 bits per heavy atom. The topological polar surface area (TPSA) is 324 Å². The van der Waals surface area contributed by atoms with Crippen LogP contribution in [0.2, 0.25) is 0 Å². The fourth-order valence-electron chi connectivity index (χ4n) is 7.21. The number of amides is 10. The molecule has 1 aromatic carbocycles. The summed E-state index contributed by atoms with van der Waals surface area (Å²) in [6, 6.07) is 2.07. The molecule has 0 saturated carbocycles. The molecule has 3 aromatic rings. The van der Waals surface area contributed by atoms with Crippen molar-refractivity contribution >= 4 is 92.3 Å². The third-order valence-corrected chi connectivity index (χ3v) is 12.9. The maximum absolute atomic E-state index is 14.3. The number of nitrogens with zero attached hydrogens (tertiary/aromatic N) is 1. The van der Waals surface area contributed by atoms with Gasteiger partial charge in [-0.3, -0.25) is 47.9 Å². The Morgan fingerprint density at radius 2 is 1.53 bits per heavy atom. The van der Waals surface area contributed by atoms with E-state index < -0.39 is 108 Å². The molecular weight excluding hydrogens is 919 g/mol. The molecule has 0 saturated heterocycles. The largest absolute Gasteiger partial charge is 0.370 e. The highest BCUT2D eigenvalue weighted by atomic mass is 32.2. The van der Waals surface area contributed by atoms with E-state index in [9.17, 15) is 47.9 Å². The molecule has 1 aliphatic rings. The lowest BCUT2D eigenvalue weighted by atomic mass is 10.00. The first-order valence-electron chi connectivity index (χ1n) is 22.4. The van der Waals surface area contributed by atoms with E-state index >= 15 is 0 Å². The average molecular weight is 982 g/mol. The van der Waals surface area contributed by atoms with Crippen molar-refractivity contribution in [2.45, 2.75) is 133 Å². The van der Waals surface area contributed by atoms with Crippen LogP contribution >= 0.6 is 23.1 Å². The van der Waals surface area contributed by atoms with Gasteiger partial charge in [0, 0.05) is 43.6 Å². The standard InChI is InChI=1S/C45H63N11O10S2/c1-24(2)19-32-42(64)51-30(38(47)60)13-9-10-17-56-22-35-29(16-18-67-35)45(56)68-23-34(44(66)50-26(4)40(62)53-33(43(65)54-32)20-28-11-7-6-8-12-28)55-41(63)31(14-15-36(46)58)52-39(61)25(3)49-37(59)21-48-27(5)57/h6-8,11-12,16,18,22,24-26,30-34H,9-10,13-15,17,19-21,23H2,1-5H3,(H2,46,58)(H2,47,60)(H,48,57)(H,49,59)(H,50,66)(H,51,64)(H,52,61)(H,53,62)(H,54,65)(H,55,63)/t25-,26-,30-,31-,32-,33-,34-/m0/s1. The number of thioether (sulfide) groups is 1. The van der Waals surface area contributed by atoms with Crippen LogP contribution < -0.4 is 54.0 Å². The highest BCUT2D eigenvalue weighted by Gasteiger charge is 2.34. The highest BCUT2D eigenvalue weighted by Crippen LogP contribution is 2.34. The summed E-state index contributed by atoms with van der Waals surface area (Å²) >= 11 is 2.74. The van der Waals surface area contributed by atoms with Gasteiger partial charge in [0.1, 0.15) is 42.3 Å². The van der Waals surface area contributed by atoms with Crippen LogP contribution in [0, 0.1) is 5.92 Å². The van der Waals surface area contributed by atoms with Crippen molar-refractivity contribution in [3.05, 3.63) is 53.5 Å². The number of carbonyl (C=O) groups excluding carboxylic acids is 10. The normalized spacial score (nSPS) is 21.0. The number of fused-ring (bicyclic) bond motifs is 3. The van der Waals surface area contributed by atoms with E-state index in [0.717, 1.165) is 15.1 Å². The third-order valence-electron chi connectivity index (χ3n) is 10.9. The van der Waals surface area contributed by atoms with E-state index in [1.165, 1.54) is 43.9 Å². The molecule has 0 radical (unpaired) electrons. The lowest BCUT2D eigenvalue weighted by molar-refractivity contribution is -0.135. The summed E-state index contributed by atoms with van der Waals surface area (Å²) in [5, 5.41) is 24.3. The number of aryl methyl sites for hydroxylation is 1. The minimum atomic E-state index is -1.43. The molecule has 0 fully saturated rings. The number of aromatic nitrogens is 1. The Labute approximate surface area is 402 Å². The quantitative estimate of drug-likeness (QED) is 0.0934. The number of nitrogens with two attached hydrogens (primary N) is 2. The van der Waals surface area contributed by atoms with Crippen LogP contribution in [0.15, 0.2) is 53.0 Å². The van der Waals surface area contributed by atoms with E-state index in [4.69, 9.17) is 11.5 Å². The predicted molar refractivity (Wildman–Crippen MR) is 255 cm³/mol. The fraction of sp³-hybridized carbons (Fsp3) is 0.511. The zero-order chi connectivity index (χ0) is 50.1. The Morgan fingerprint density at radius 1 is 0.838 bits per heavy atom. The molecule has 0 spiro atoms. The van der Waals surface area contributed by atoms with Crippen LogP contribution in [0.3, 0.4) is 0 Å². The minimum Gasteiger partial charge on any atom is -0.370 e. The fourth-order valence-corrected chi connectivity index (χ4v) is 9.31. The van der Waals surface area contributed by atoms with Crippen molar-refractivity contribution in [2.24, 2.45) is 17.4 Å². The second-order valence-electron chi connectivity index (χ2n) is 17.1. The SMILES string of the molecule is CC(=O)NCC(=O)N[C@@H](C)C(=O)N[C@@H](CCC(N)=O)C(=O)N[C@H]1CSc2c3ccsc3cn2CCCC[C@@H](C(N)=O)NC(=O)[C@H](CC(C)C)NC(=O)[C@H](Cc2ccccc2)NC(=O)[C@H](C)NC1=O. The number of benzene rings is 1. The molecule has 0 bridgehead atoms. The highest BCUT2D eigenvalue weighted by molar-refractivity contribution is 7.99. The number of rotatable bonds is 15. The van der Waals surface area contributed by atoms with Crippen LogP contribution in [0.5, 0.6) is 0 Å². The second-order valence-corrected chi connectivity index (χ2v) is 19.1. The Kier molecular flexibility index (Phi) is 20.8. The molecule has 12 N–H and O–H groups in total. The Hall–Kier alpha value is -6.49. The van der Waals surface area contributed by atoms with Gasteiger partial charge in [-0.05, 0) is 68.9 Å². The molecular formula is C45H63N11O10S2. The van der Waals surface area contributed by atoms with Crippen LogP contribution in [0.4, 0.5) is 0 Å². The Balaban J connectivity index is 1.69. The minimum absolute atomic E-state index is 0.00104. The second kappa shape index (κ2) is 26.2. The van der Waals surface area contributed by atoms with Crippen LogP contribution in [0.1, 0.15) is 78.7 Å². The van der Waals surface area contributed by atoms with Gasteiger partial charge in [0.2, 0.25) is 59.1 Å². The van der Waals surface area contributed by atoms with Gasteiger partial charge in [-0.25, -0.2) is 0 Å². The van der Waals surface area contributed by atoms with E-state index in [0.29, 0.717) is 24.9 Å². The first kappa shape index (κ1) is 54.1. The summed E-state index contributed by atoms with van der Waals surface area (Å²) in [5.74, 6) is -7.40. The number of nitrogens with one attached hydrogen (secondary N) is 8. The van der Waals surface area contributed by atoms with Gasteiger partial charge < -0.3 is 58.6 Å². The molecule has 0 aliphatic carbocycles. The van der Waals surface area contributed by atoms with Crippen molar-refractivity contribution in [3.8, 4) is 0 Å². The average Bonchev–Trinajstić information content (AvgIpc) is 3.87. The molecule has 370 valence electrons. The molecule has 4 rings (SSSR count). The number of hydrogen-bond donors (Lipinski definition) is 10. The number of carbonyl (C=O) groups is 10. The Bertz CT molecular complexity index is 2300. The van der Waals surface area contributed by atoms with Gasteiger partial charge in [-0.2, -0.15) is 0 Å². The van der Waals surface area contributed by atoms with Gasteiger partial charge in [0.05, 0.1) is 16.3 Å². The summed E-state index contributed by atoms with van der Waals surface area (Å²) in [5.41, 5.74) is 11.9. The third kappa shape index (κ3) is 17.0. The molecule has 21 nitrogen and oxygen atoms in total. The van der Waals surface area contributed by atoms with Crippen molar-refractivity contribution in [2.75, 3.05) is 12.3 Å². The maximum atomic E-state index is 14.3. The lowest BCUT2D eigenvalue weighted by Gasteiger charge is -2.27. The predicted octanol–water partition coefficient (Wildman–Crippen LogP) is -0.412. The summed E-state index contributed by atoms with van der Waals surface area (Å²) < 4.78 is 2.92. The zero-order valence-corrected chi connectivity index (χ0v) is 40.4. The smallest absolute Gasteiger partial charge is 0.244 e. The number of primary amides is 2. The van der Waals surface area contributed by atoms with Gasteiger partial charge in [0.15, 0.2) is 0 Å². The van der Waals surface area contributed by atoms with Crippen molar-refractivity contribution < 1.29 is 47.9 Å². The van der Waals surface area contributed by atoms with Crippen LogP contribution in [0.25, 0.3) is 10.1 Å². The summed E-state index contributed by atoms with van der Waals surface area (Å²) in [6.07, 6.45) is 2.74. The van der Waals surface area contributed by atoms with E-state index in [1.807, 2.05) is 36.1 Å². The molecule has 0 unspecified atom stereocenters. The van der Waals surface area contributed by atoms with Crippen molar-refractivity contribution in [3.63, 3.8) is 0 Å². The molecule has 2 aromatic heterocycles. The zero-order valence-electron chi connectivity index (χ0n) is 38.8. The van der Waals surface area contributed by atoms with Crippen molar-refractivity contribution in [1.82, 2.24) is 47.1 Å². The first-order valence-corrected chi connectivity index (χ1v) is 24.3. The maximum Gasteiger partial charge on any atom is 0.244 e. The molecule has 3 heterocycles. The summed E-state index contributed by atoms with van der Waals surface area (Å²) in [4.78, 5) is 132. The van der Waals surface area contributed by atoms with Crippen LogP contribution in [-0.4, -0.2) is 118 Å². The van der Waals surface area contributed by atoms with Gasteiger partial charge in [-0.1, -0.05) is 44.2 Å². The molecule has 68 heavy (non-hydrogen) atoms. The van der Waals surface area contributed by atoms with Gasteiger partial charge >= 0.3 is 0 Å².